The van der Waals surface area contributed by atoms with Crippen LogP contribution in [-0.4, -0.2) is 18.3 Å². The second-order valence-corrected chi connectivity index (χ2v) is 3.88. The van der Waals surface area contributed by atoms with E-state index in [9.17, 15) is 13.6 Å². The minimum Gasteiger partial charge on any atom is -0.352 e. The van der Waals surface area contributed by atoms with Crippen LogP contribution < -0.4 is 5.32 Å². The van der Waals surface area contributed by atoms with Crippen molar-refractivity contribution in [3.63, 3.8) is 0 Å². The predicted octanol–water partition coefficient (Wildman–Crippen LogP) is 2.57. The SMILES string of the molecule is CC(CCl)CNC(=O)c1cccc(F)c1F. The second-order valence-electron chi connectivity index (χ2n) is 3.57. The molecule has 0 fully saturated rings. The summed E-state index contributed by atoms with van der Waals surface area (Å²) in [6, 6.07) is 3.49. The summed E-state index contributed by atoms with van der Waals surface area (Å²) in [7, 11) is 0. The topological polar surface area (TPSA) is 29.1 Å². The highest BCUT2D eigenvalue weighted by atomic mass is 35.5. The van der Waals surface area contributed by atoms with E-state index in [1.165, 1.54) is 12.1 Å². The van der Waals surface area contributed by atoms with Crippen molar-refractivity contribution < 1.29 is 13.6 Å². The Kier molecular flexibility index (Phi) is 4.68. The van der Waals surface area contributed by atoms with Crippen LogP contribution in [-0.2, 0) is 0 Å². The number of alkyl halides is 1. The van der Waals surface area contributed by atoms with Gasteiger partial charge in [0.1, 0.15) is 0 Å². The summed E-state index contributed by atoms with van der Waals surface area (Å²) in [4.78, 5) is 11.5. The lowest BCUT2D eigenvalue weighted by atomic mass is 10.1. The maximum atomic E-state index is 13.2. The summed E-state index contributed by atoms with van der Waals surface area (Å²) >= 11 is 5.55. The molecule has 0 spiro atoms. The Morgan fingerprint density at radius 1 is 1.50 bits per heavy atom. The standard InChI is InChI=1S/C11H12ClF2NO/c1-7(5-12)6-15-11(16)8-3-2-4-9(13)10(8)14/h2-4,7H,5-6H2,1H3,(H,15,16). The summed E-state index contributed by atoms with van der Waals surface area (Å²) in [5.41, 5.74) is -0.290. The van der Waals surface area contributed by atoms with Gasteiger partial charge in [-0.05, 0) is 18.1 Å². The van der Waals surface area contributed by atoms with E-state index in [0.717, 1.165) is 6.07 Å². The highest BCUT2D eigenvalue weighted by Gasteiger charge is 2.15. The number of hydrogen-bond acceptors (Lipinski definition) is 1. The molecule has 1 amide bonds. The highest BCUT2D eigenvalue weighted by molar-refractivity contribution is 6.18. The van der Waals surface area contributed by atoms with Crippen LogP contribution in [0.3, 0.4) is 0 Å². The Morgan fingerprint density at radius 2 is 2.19 bits per heavy atom. The summed E-state index contributed by atoms with van der Waals surface area (Å²) in [6.07, 6.45) is 0. The van der Waals surface area contributed by atoms with Gasteiger partial charge in [-0.15, -0.1) is 11.6 Å². The van der Waals surface area contributed by atoms with Crippen LogP contribution in [0.25, 0.3) is 0 Å². The molecule has 0 aliphatic carbocycles. The minimum absolute atomic E-state index is 0.0854. The van der Waals surface area contributed by atoms with Gasteiger partial charge in [0.25, 0.3) is 5.91 Å². The number of carbonyl (C=O) groups is 1. The number of carbonyl (C=O) groups excluding carboxylic acids is 1. The molecule has 1 N–H and O–H groups in total. The average Bonchev–Trinajstić information content (AvgIpc) is 2.29. The third-order valence-electron chi connectivity index (χ3n) is 2.07. The Morgan fingerprint density at radius 3 is 2.81 bits per heavy atom. The fourth-order valence-corrected chi connectivity index (χ4v) is 1.20. The molecule has 5 heteroatoms. The highest BCUT2D eigenvalue weighted by Crippen LogP contribution is 2.11. The Labute approximate surface area is 97.6 Å². The van der Waals surface area contributed by atoms with Gasteiger partial charge in [0.05, 0.1) is 5.56 Å². The van der Waals surface area contributed by atoms with E-state index in [1.807, 2.05) is 6.92 Å². The minimum atomic E-state index is -1.13. The first kappa shape index (κ1) is 12.9. The first-order valence-corrected chi connectivity index (χ1v) is 5.38. The smallest absolute Gasteiger partial charge is 0.254 e. The Bertz CT molecular complexity index is 384. The molecule has 0 aliphatic heterocycles. The van der Waals surface area contributed by atoms with Gasteiger partial charge in [0.2, 0.25) is 0 Å². The molecular weight excluding hydrogens is 236 g/mol. The zero-order valence-electron chi connectivity index (χ0n) is 8.77. The van der Waals surface area contributed by atoms with E-state index >= 15 is 0 Å². The molecule has 1 unspecified atom stereocenters. The molecular formula is C11H12ClF2NO. The number of benzene rings is 1. The Balaban J connectivity index is 2.70. The summed E-state index contributed by atoms with van der Waals surface area (Å²) < 4.78 is 26.0. The zero-order chi connectivity index (χ0) is 12.1. The van der Waals surface area contributed by atoms with Crippen LogP contribution in [0.15, 0.2) is 18.2 Å². The molecule has 1 aromatic carbocycles. The summed E-state index contributed by atoms with van der Waals surface area (Å²) in [5, 5.41) is 2.49. The molecule has 1 aromatic rings. The lowest BCUT2D eigenvalue weighted by Crippen LogP contribution is -2.29. The van der Waals surface area contributed by atoms with Gasteiger partial charge in [0.15, 0.2) is 11.6 Å². The van der Waals surface area contributed by atoms with E-state index in [-0.39, 0.29) is 11.5 Å². The molecule has 88 valence electrons. The molecule has 16 heavy (non-hydrogen) atoms. The third-order valence-corrected chi connectivity index (χ3v) is 2.60. The molecule has 2 nitrogen and oxygen atoms in total. The van der Waals surface area contributed by atoms with E-state index in [4.69, 9.17) is 11.6 Å². The van der Waals surface area contributed by atoms with Crippen molar-refractivity contribution in [1.82, 2.24) is 5.32 Å². The lowest BCUT2D eigenvalue weighted by Gasteiger charge is -2.09. The number of nitrogens with one attached hydrogen (secondary N) is 1. The molecule has 1 atom stereocenters. The first-order chi connectivity index (χ1) is 7.56. The first-order valence-electron chi connectivity index (χ1n) is 4.84. The van der Waals surface area contributed by atoms with E-state index in [0.29, 0.717) is 12.4 Å². The summed E-state index contributed by atoms with van der Waals surface area (Å²) in [5.74, 6) is -2.31. The molecule has 1 rings (SSSR count). The van der Waals surface area contributed by atoms with Gasteiger partial charge < -0.3 is 5.32 Å². The van der Waals surface area contributed by atoms with Crippen LogP contribution in [0, 0.1) is 17.6 Å². The van der Waals surface area contributed by atoms with E-state index in [2.05, 4.69) is 5.32 Å². The van der Waals surface area contributed by atoms with Crippen LogP contribution >= 0.6 is 11.6 Å². The third kappa shape index (κ3) is 3.17. The van der Waals surface area contributed by atoms with Crippen LogP contribution in [0.1, 0.15) is 17.3 Å². The van der Waals surface area contributed by atoms with Crippen LogP contribution in [0.5, 0.6) is 0 Å². The second kappa shape index (κ2) is 5.80. The number of halogens is 3. The van der Waals surface area contributed by atoms with Crippen molar-refractivity contribution in [3.8, 4) is 0 Å². The number of amides is 1. The maximum Gasteiger partial charge on any atom is 0.254 e. The van der Waals surface area contributed by atoms with Gasteiger partial charge in [-0.1, -0.05) is 13.0 Å². The maximum absolute atomic E-state index is 13.2. The van der Waals surface area contributed by atoms with Gasteiger partial charge in [0, 0.05) is 12.4 Å². The van der Waals surface area contributed by atoms with Crippen LogP contribution in [0.2, 0.25) is 0 Å². The lowest BCUT2D eigenvalue weighted by molar-refractivity contribution is 0.0944. The van der Waals surface area contributed by atoms with Gasteiger partial charge in [-0.2, -0.15) is 0 Å². The fourth-order valence-electron chi connectivity index (χ4n) is 1.10. The normalized spacial score (nSPS) is 12.2. The van der Waals surface area contributed by atoms with Crippen LogP contribution in [0.4, 0.5) is 8.78 Å². The fraction of sp³-hybridized carbons (Fsp3) is 0.364. The number of hydrogen-bond donors (Lipinski definition) is 1. The molecule has 0 aliphatic rings. The van der Waals surface area contributed by atoms with Crippen molar-refractivity contribution in [2.75, 3.05) is 12.4 Å². The molecule has 0 bridgehead atoms. The molecule has 0 saturated heterocycles. The van der Waals surface area contributed by atoms with Crippen molar-refractivity contribution in [1.29, 1.82) is 0 Å². The quantitative estimate of drug-likeness (QED) is 0.814. The predicted molar refractivity (Wildman–Crippen MR) is 58.6 cm³/mol. The van der Waals surface area contributed by atoms with Crippen molar-refractivity contribution in [2.45, 2.75) is 6.92 Å². The van der Waals surface area contributed by atoms with Gasteiger partial charge >= 0.3 is 0 Å². The van der Waals surface area contributed by atoms with Crippen molar-refractivity contribution in [3.05, 3.63) is 35.4 Å². The molecule has 0 radical (unpaired) electrons. The van der Waals surface area contributed by atoms with E-state index < -0.39 is 17.5 Å². The number of rotatable bonds is 4. The monoisotopic (exact) mass is 247 g/mol. The summed E-state index contributed by atoms with van der Waals surface area (Å²) in [6.45, 7) is 2.17. The van der Waals surface area contributed by atoms with Crippen molar-refractivity contribution >= 4 is 17.5 Å². The van der Waals surface area contributed by atoms with E-state index in [1.54, 1.807) is 0 Å². The molecule has 0 aromatic heterocycles. The molecule has 0 heterocycles. The zero-order valence-corrected chi connectivity index (χ0v) is 9.52. The molecule has 0 saturated carbocycles. The van der Waals surface area contributed by atoms with Gasteiger partial charge in [-0.25, -0.2) is 8.78 Å². The van der Waals surface area contributed by atoms with Gasteiger partial charge in [-0.3, -0.25) is 4.79 Å². The Hall–Kier alpha value is -1.16. The average molecular weight is 248 g/mol. The van der Waals surface area contributed by atoms with Crippen molar-refractivity contribution in [2.24, 2.45) is 5.92 Å². The largest absolute Gasteiger partial charge is 0.352 e.